The molecule has 1 aromatic carbocycles. The third-order valence-corrected chi connectivity index (χ3v) is 8.23. The predicted octanol–water partition coefficient (Wildman–Crippen LogP) is 5.93. The normalized spacial score (nSPS) is 19.2. The smallest absolute Gasteiger partial charge is 0.416 e. The molecular formula is C23H30F3N2O5P. The van der Waals surface area contributed by atoms with Crippen molar-refractivity contribution in [3.63, 3.8) is 0 Å². The molecule has 7 nitrogen and oxygen atoms in total. The van der Waals surface area contributed by atoms with Crippen LogP contribution in [0.3, 0.4) is 0 Å². The zero-order valence-electron chi connectivity index (χ0n) is 20.1. The van der Waals surface area contributed by atoms with Gasteiger partial charge in [0.05, 0.1) is 23.5 Å². The fourth-order valence-corrected chi connectivity index (χ4v) is 6.04. The van der Waals surface area contributed by atoms with Crippen LogP contribution >= 0.6 is 7.37 Å². The van der Waals surface area contributed by atoms with Gasteiger partial charge in [-0.25, -0.2) is 0 Å². The van der Waals surface area contributed by atoms with Gasteiger partial charge in [-0.15, -0.1) is 0 Å². The van der Waals surface area contributed by atoms with Gasteiger partial charge < -0.3 is 13.8 Å². The largest absolute Gasteiger partial charge is 0.459 e. The average Bonchev–Trinajstić information content (AvgIpc) is 3.35. The van der Waals surface area contributed by atoms with E-state index in [1.165, 1.54) is 18.8 Å². The summed E-state index contributed by atoms with van der Waals surface area (Å²) in [5, 5.41) is 4.07. The number of carbonyl (C=O) groups is 1. The first-order valence-electron chi connectivity index (χ1n) is 11.1. The predicted molar refractivity (Wildman–Crippen MR) is 119 cm³/mol. The van der Waals surface area contributed by atoms with Gasteiger partial charge in [-0.3, -0.25) is 9.36 Å². The molecule has 0 spiro atoms. The Kier molecular flexibility index (Phi) is 7.08. The molecule has 2 aromatic rings. The maximum absolute atomic E-state index is 13.3. The second-order valence-electron chi connectivity index (χ2n) is 9.71. The molecule has 188 valence electrons. The van der Waals surface area contributed by atoms with Gasteiger partial charge in [0.25, 0.3) is 0 Å². The van der Waals surface area contributed by atoms with Crippen LogP contribution in [0.1, 0.15) is 76.2 Å². The third kappa shape index (κ3) is 5.54. The molecule has 0 bridgehead atoms. The van der Waals surface area contributed by atoms with E-state index in [1.807, 2.05) is 0 Å². The lowest BCUT2D eigenvalue weighted by Crippen LogP contribution is -2.35. The van der Waals surface area contributed by atoms with Crippen LogP contribution in [-0.4, -0.2) is 40.6 Å². The monoisotopic (exact) mass is 502 g/mol. The molecular weight excluding hydrogens is 472 g/mol. The van der Waals surface area contributed by atoms with E-state index in [4.69, 9.17) is 13.8 Å². The summed E-state index contributed by atoms with van der Waals surface area (Å²) in [6.07, 6.45) is -3.13. The molecule has 0 amide bonds. The minimum atomic E-state index is -4.42. The Hall–Kier alpha value is -2.19. The topological polar surface area (TPSA) is 91.5 Å². The maximum atomic E-state index is 13.3. The van der Waals surface area contributed by atoms with Crippen LogP contribution in [0.4, 0.5) is 13.2 Å². The molecule has 0 aliphatic heterocycles. The Morgan fingerprint density at radius 1 is 1.21 bits per heavy atom. The number of alkyl halides is 3. The fraction of sp³-hybridized carbons (Fsp3) is 0.609. The molecule has 3 unspecified atom stereocenters. The van der Waals surface area contributed by atoms with Crippen molar-refractivity contribution in [3.05, 3.63) is 47.1 Å². The highest BCUT2D eigenvalue weighted by atomic mass is 31.2. The van der Waals surface area contributed by atoms with Gasteiger partial charge in [0.15, 0.2) is 5.82 Å². The Morgan fingerprint density at radius 3 is 2.26 bits per heavy atom. The summed E-state index contributed by atoms with van der Waals surface area (Å²) >= 11 is 0. The quantitative estimate of drug-likeness (QED) is 0.327. The summed E-state index contributed by atoms with van der Waals surface area (Å²) in [4.78, 5) is 17.5. The van der Waals surface area contributed by atoms with Gasteiger partial charge in [0, 0.05) is 6.66 Å². The van der Waals surface area contributed by atoms with Crippen LogP contribution < -0.4 is 0 Å². The van der Waals surface area contributed by atoms with Crippen molar-refractivity contribution in [2.75, 3.05) is 13.3 Å². The van der Waals surface area contributed by atoms with E-state index in [0.29, 0.717) is 24.2 Å². The highest BCUT2D eigenvalue weighted by Gasteiger charge is 2.51. The number of ether oxygens (including phenoxy) is 1. The summed E-state index contributed by atoms with van der Waals surface area (Å²) in [6.45, 7) is 9.96. The molecule has 1 aliphatic rings. The van der Waals surface area contributed by atoms with Gasteiger partial charge in [0.2, 0.25) is 13.3 Å². The van der Waals surface area contributed by atoms with Crippen LogP contribution in [0, 0.1) is 0 Å². The van der Waals surface area contributed by atoms with E-state index < -0.39 is 47.7 Å². The molecule has 1 aliphatic carbocycles. The van der Waals surface area contributed by atoms with Crippen LogP contribution in [0.25, 0.3) is 0 Å². The molecule has 34 heavy (non-hydrogen) atoms. The van der Waals surface area contributed by atoms with Crippen molar-refractivity contribution in [1.82, 2.24) is 10.1 Å². The average molecular weight is 502 g/mol. The van der Waals surface area contributed by atoms with Crippen molar-refractivity contribution in [2.24, 2.45) is 0 Å². The highest BCUT2D eigenvalue weighted by molar-refractivity contribution is 7.60. The summed E-state index contributed by atoms with van der Waals surface area (Å²) in [6, 6.07) is 4.92. The fourth-order valence-electron chi connectivity index (χ4n) is 3.99. The Bertz CT molecular complexity index is 1070. The zero-order valence-corrected chi connectivity index (χ0v) is 21.0. The number of hydrogen-bond donors (Lipinski definition) is 0. The van der Waals surface area contributed by atoms with E-state index in [1.54, 1.807) is 34.6 Å². The summed E-state index contributed by atoms with van der Waals surface area (Å²) in [7, 11) is -3.47. The molecule has 3 atom stereocenters. The van der Waals surface area contributed by atoms with Gasteiger partial charge >= 0.3 is 12.1 Å². The lowest BCUT2D eigenvalue weighted by Gasteiger charge is -2.29. The molecule has 1 fully saturated rings. The lowest BCUT2D eigenvalue weighted by atomic mass is 9.94. The second kappa shape index (κ2) is 9.11. The van der Waals surface area contributed by atoms with E-state index in [-0.39, 0.29) is 12.5 Å². The number of benzene rings is 1. The third-order valence-electron chi connectivity index (χ3n) is 5.79. The number of esters is 1. The Morgan fingerprint density at radius 2 is 1.79 bits per heavy atom. The number of hydrogen-bond acceptors (Lipinski definition) is 7. The molecule has 0 saturated heterocycles. The first-order chi connectivity index (χ1) is 15.6. The minimum absolute atomic E-state index is 0.0887. The van der Waals surface area contributed by atoms with E-state index in [0.717, 1.165) is 12.1 Å². The summed E-state index contributed by atoms with van der Waals surface area (Å²) < 4.78 is 68.5. The summed E-state index contributed by atoms with van der Waals surface area (Å²) in [5.74, 6) is -1.06. The highest BCUT2D eigenvalue weighted by Crippen LogP contribution is 2.55. The van der Waals surface area contributed by atoms with Crippen LogP contribution in [0.2, 0.25) is 0 Å². The van der Waals surface area contributed by atoms with E-state index in [9.17, 15) is 22.5 Å². The number of carbonyl (C=O) groups excluding carboxylic acids is 1. The van der Waals surface area contributed by atoms with Crippen LogP contribution in [-0.2, 0) is 30.2 Å². The van der Waals surface area contributed by atoms with Crippen molar-refractivity contribution in [1.29, 1.82) is 0 Å². The molecule has 1 heterocycles. The standard InChI is InChI=1S/C23H30F3N2O5P/c1-7-31-34(6,30)17(19(29)32-21(3,4)5)14(2)18-27-20(28-33-18)22(12-13-22)15-8-10-16(11-9-15)23(24,25)26/h8-11,14,17H,7,12-13H2,1-6H3. The molecule has 1 aromatic heterocycles. The summed E-state index contributed by atoms with van der Waals surface area (Å²) in [5.41, 5.74) is -2.70. The number of aromatic nitrogens is 2. The first-order valence-corrected chi connectivity index (χ1v) is 13.2. The number of halogens is 3. The zero-order chi connectivity index (χ0) is 25.5. The molecule has 1 saturated carbocycles. The van der Waals surface area contributed by atoms with E-state index >= 15 is 0 Å². The molecule has 0 radical (unpaired) electrons. The molecule has 11 heteroatoms. The van der Waals surface area contributed by atoms with E-state index in [2.05, 4.69) is 10.1 Å². The van der Waals surface area contributed by atoms with Crippen LogP contribution in [0.5, 0.6) is 0 Å². The molecule has 0 N–H and O–H groups in total. The number of rotatable bonds is 8. The SMILES string of the molecule is CCOP(C)(=O)C(C(=O)OC(C)(C)C)C(C)c1nc(C2(c3ccc(C(F)(F)F)cc3)CC2)no1. The van der Waals surface area contributed by atoms with Crippen molar-refractivity contribution >= 4 is 13.3 Å². The number of nitrogens with zero attached hydrogens (tertiary/aromatic N) is 2. The van der Waals surface area contributed by atoms with Gasteiger partial charge in [-0.05, 0) is 58.2 Å². The van der Waals surface area contributed by atoms with Crippen molar-refractivity contribution in [2.45, 2.75) is 76.2 Å². The maximum Gasteiger partial charge on any atom is 0.416 e. The molecule has 3 rings (SSSR count). The first kappa shape index (κ1) is 26.4. The van der Waals surface area contributed by atoms with Crippen molar-refractivity contribution < 1.29 is 36.3 Å². The minimum Gasteiger partial charge on any atom is -0.459 e. The Balaban J connectivity index is 1.91. The van der Waals surface area contributed by atoms with Gasteiger partial charge in [0.1, 0.15) is 11.3 Å². The van der Waals surface area contributed by atoms with Gasteiger partial charge in [-0.1, -0.05) is 24.2 Å². The van der Waals surface area contributed by atoms with Crippen LogP contribution in [0.15, 0.2) is 28.8 Å². The van der Waals surface area contributed by atoms with Gasteiger partial charge in [-0.2, -0.15) is 18.2 Å². The Labute approximate surface area is 196 Å². The van der Waals surface area contributed by atoms with Crippen molar-refractivity contribution in [3.8, 4) is 0 Å². The lowest BCUT2D eigenvalue weighted by molar-refractivity contribution is -0.155. The second-order valence-corrected chi connectivity index (χ2v) is 12.3.